The van der Waals surface area contributed by atoms with Gasteiger partial charge >= 0.3 is 12.0 Å². The van der Waals surface area contributed by atoms with Gasteiger partial charge in [0.15, 0.2) is 0 Å². The molecule has 2 aromatic heterocycles. The van der Waals surface area contributed by atoms with Crippen LogP contribution >= 0.6 is 11.6 Å². The van der Waals surface area contributed by atoms with Crippen molar-refractivity contribution in [1.29, 1.82) is 0 Å². The molecule has 1 aromatic carbocycles. The number of amides is 2. The Balaban J connectivity index is 1.39. The molecule has 0 bridgehead atoms. The number of nitrogens with zero attached hydrogens (tertiary/aromatic N) is 3. The van der Waals surface area contributed by atoms with Crippen molar-refractivity contribution in [2.24, 2.45) is 0 Å². The summed E-state index contributed by atoms with van der Waals surface area (Å²) in [5, 5.41) is 14.2. The number of carbonyl (C=O) groups excluding carboxylic acids is 1. The summed E-state index contributed by atoms with van der Waals surface area (Å²) >= 11 is 6.37. The number of halogens is 1. The van der Waals surface area contributed by atoms with Gasteiger partial charge in [0.25, 0.3) is 5.56 Å². The summed E-state index contributed by atoms with van der Waals surface area (Å²) in [6.07, 6.45) is 1.84. The van der Waals surface area contributed by atoms with Crippen molar-refractivity contribution in [2.75, 3.05) is 30.8 Å². The first-order valence-electron chi connectivity index (χ1n) is 10.5. The van der Waals surface area contributed by atoms with Crippen molar-refractivity contribution in [2.45, 2.75) is 25.8 Å². The van der Waals surface area contributed by atoms with E-state index in [0.717, 1.165) is 25.9 Å². The average Bonchev–Trinajstić information content (AvgIpc) is 3.16. The predicted molar refractivity (Wildman–Crippen MR) is 126 cm³/mol. The van der Waals surface area contributed by atoms with Crippen LogP contribution in [0.25, 0.3) is 0 Å². The lowest BCUT2D eigenvalue weighted by Crippen LogP contribution is -2.44. The fourth-order valence-corrected chi connectivity index (χ4v) is 3.67. The Kier molecular flexibility index (Phi) is 6.80. The maximum atomic E-state index is 12.3. The number of rotatable bonds is 6. The van der Waals surface area contributed by atoms with Crippen LogP contribution in [0.3, 0.4) is 0 Å². The third-order valence-corrected chi connectivity index (χ3v) is 5.43. The van der Waals surface area contributed by atoms with Crippen molar-refractivity contribution in [3.8, 4) is 11.8 Å². The highest BCUT2D eigenvalue weighted by Crippen LogP contribution is 2.31. The first-order chi connectivity index (χ1) is 15.8. The Morgan fingerprint density at radius 3 is 2.67 bits per heavy atom. The van der Waals surface area contributed by atoms with E-state index in [-0.39, 0.29) is 23.6 Å². The molecule has 0 spiro atoms. The van der Waals surface area contributed by atoms with Gasteiger partial charge in [-0.3, -0.25) is 15.0 Å². The summed E-state index contributed by atoms with van der Waals surface area (Å²) in [6, 6.07) is 7.96. The molecule has 2 amide bonds. The normalized spacial score (nSPS) is 14.6. The maximum absolute atomic E-state index is 12.3. The van der Waals surface area contributed by atoms with E-state index >= 15 is 0 Å². The van der Waals surface area contributed by atoms with E-state index in [9.17, 15) is 9.59 Å². The molecule has 1 aliphatic rings. The molecule has 3 aromatic rings. The Bertz CT molecular complexity index is 1190. The molecular weight excluding hydrogens is 448 g/mol. The van der Waals surface area contributed by atoms with Crippen LogP contribution in [0.1, 0.15) is 18.5 Å². The van der Waals surface area contributed by atoms with E-state index in [1.54, 1.807) is 31.2 Å². The first-order valence-corrected chi connectivity index (χ1v) is 10.9. The van der Waals surface area contributed by atoms with Gasteiger partial charge in [-0.05, 0) is 58.1 Å². The van der Waals surface area contributed by atoms with Crippen molar-refractivity contribution in [3.05, 3.63) is 51.4 Å². The van der Waals surface area contributed by atoms with Gasteiger partial charge in [0.05, 0.1) is 5.02 Å². The van der Waals surface area contributed by atoms with E-state index in [1.165, 1.54) is 6.07 Å². The number of anilines is 3. The van der Waals surface area contributed by atoms with Crippen LogP contribution in [-0.2, 0) is 0 Å². The van der Waals surface area contributed by atoms with E-state index in [2.05, 4.69) is 48.1 Å². The highest BCUT2D eigenvalue weighted by atomic mass is 35.5. The molecule has 12 heteroatoms. The summed E-state index contributed by atoms with van der Waals surface area (Å²) in [5.41, 5.74) is 0.933. The lowest BCUT2D eigenvalue weighted by molar-refractivity contribution is 0.221. The van der Waals surface area contributed by atoms with Crippen LogP contribution in [0.2, 0.25) is 5.02 Å². The Morgan fingerprint density at radius 1 is 1.18 bits per heavy atom. The molecule has 0 saturated carbocycles. The van der Waals surface area contributed by atoms with Crippen LogP contribution in [0.15, 0.2) is 35.1 Å². The second-order valence-electron chi connectivity index (χ2n) is 7.90. The summed E-state index contributed by atoms with van der Waals surface area (Å²) in [6.45, 7) is 3.71. The minimum Gasteiger partial charge on any atom is -0.423 e. The monoisotopic (exact) mass is 472 g/mol. The lowest BCUT2D eigenvalue weighted by atomic mass is 10.1. The first kappa shape index (κ1) is 22.6. The maximum Gasteiger partial charge on any atom is 0.324 e. The van der Waals surface area contributed by atoms with E-state index in [0.29, 0.717) is 33.8 Å². The molecule has 1 saturated heterocycles. The zero-order valence-corrected chi connectivity index (χ0v) is 19.0. The van der Waals surface area contributed by atoms with Crippen LogP contribution in [0.5, 0.6) is 11.8 Å². The van der Waals surface area contributed by atoms with Crippen molar-refractivity contribution >= 4 is 35.0 Å². The van der Waals surface area contributed by atoms with E-state index in [1.807, 2.05) is 0 Å². The minimum atomic E-state index is -0.269. The molecule has 0 aliphatic carbocycles. The number of aromatic amines is 2. The quantitative estimate of drug-likeness (QED) is 0.371. The number of urea groups is 1. The Morgan fingerprint density at radius 2 is 1.97 bits per heavy atom. The van der Waals surface area contributed by atoms with Gasteiger partial charge in [0.2, 0.25) is 0 Å². The topological polar surface area (TPSA) is 140 Å². The second kappa shape index (κ2) is 9.92. The molecule has 0 radical (unpaired) electrons. The van der Waals surface area contributed by atoms with Gasteiger partial charge < -0.3 is 25.6 Å². The summed E-state index contributed by atoms with van der Waals surface area (Å²) in [4.78, 5) is 34.4. The summed E-state index contributed by atoms with van der Waals surface area (Å²) in [5.74, 6) is 1.23. The van der Waals surface area contributed by atoms with Crippen LogP contribution in [0, 0.1) is 6.92 Å². The van der Waals surface area contributed by atoms with Crippen molar-refractivity contribution < 1.29 is 9.53 Å². The molecule has 3 heterocycles. The standard InChI is InChI=1S/C21H25ClN8O3/c1-12-9-17(26-18-11-19(31)29-28-18)27-21(23-12)33-16-4-3-14(10-15(16)22)25-20(32)24-13-5-7-30(2)8-6-13/h3-4,9-11,13H,5-8H2,1-2H3,(H2,24,25,32)(H3,23,26,27,28,29,31). The highest BCUT2D eigenvalue weighted by Gasteiger charge is 2.18. The number of hydrogen-bond donors (Lipinski definition) is 5. The average molecular weight is 473 g/mol. The molecule has 5 N–H and O–H groups in total. The highest BCUT2D eigenvalue weighted by molar-refractivity contribution is 6.32. The number of carbonyl (C=O) groups is 1. The van der Waals surface area contributed by atoms with E-state index < -0.39 is 0 Å². The molecule has 0 atom stereocenters. The fourth-order valence-electron chi connectivity index (χ4n) is 3.45. The molecule has 11 nitrogen and oxygen atoms in total. The van der Waals surface area contributed by atoms with Gasteiger partial charge in [0, 0.05) is 29.6 Å². The lowest BCUT2D eigenvalue weighted by Gasteiger charge is -2.29. The Labute approximate surface area is 194 Å². The van der Waals surface area contributed by atoms with E-state index in [4.69, 9.17) is 16.3 Å². The third kappa shape index (κ3) is 6.24. The van der Waals surface area contributed by atoms with Gasteiger partial charge in [-0.2, -0.15) is 4.98 Å². The number of aryl methyl sites for hydroxylation is 1. The fraction of sp³-hybridized carbons (Fsp3) is 0.333. The number of nitrogens with one attached hydrogen (secondary N) is 5. The number of benzene rings is 1. The predicted octanol–water partition coefficient (Wildman–Crippen LogP) is 3.21. The van der Waals surface area contributed by atoms with Crippen molar-refractivity contribution in [1.82, 2.24) is 30.4 Å². The molecule has 33 heavy (non-hydrogen) atoms. The molecule has 174 valence electrons. The molecular formula is C21H25ClN8O3. The van der Waals surface area contributed by atoms with Crippen LogP contribution in [0.4, 0.5) is 22.1 Å². The second-order valence-corrected chi connectivity index (χ2v) is 8.30. The zero-order chi connectivity index (χ0) is 23.4. The van der Waals surface area contributed by atoms with Crippen LogP contribution < -0.4 is 26.2 Å². The number of aromatic nitrogens is 4. The third-order valence-electron chi connectivity index (χ3n) is 5.14. The number of likely N-dealkylation sites (tertiary alicyclic amines) is 1. The van der Waals surface area contributed by atoms with Gasteiger partial charge in [-0.25, -0.2) is 9.78 Å². The number of piperidine rings is 1. The largest absolute Gasteiger partial charge is 0.423 e. The number of H-pyrrole nitrogens is 2. The Hall–Kier alpha value is -3.57. The smallest absolute Gasteiger partial charge is 0.324 e. The molecule has 0 unspecified atom stereocenters. The summed E-state index contributed by atoms with van der Waals surface area (Å²) < 4.78 is 5.76. The molecule has 1 fully saturated rings. The molecule has 4 rings (SSSR count). The SMILES string of the molecule is Cc1cc(Nc2cc(=O)[nH][nH]2)nc(Oc2ccc(NC(=O)NC3CCN(C)CC3)cc2Cl)n1. The van der Waals surface area contributed by atoms with Gasteiger partial charge in [0.1, 0.15) is 17.4 Å². The summed E-state index contributed by atoms with van der Waals surface area (Å²) in [7, 11) is 2.07. The van der Waals surface area contributed by atoms with Gasteiger partial charge in [-0.1, -0.05) is 11.6 Å². The van der Waals surface area contributed by atoms with Gasteiger partial charge in [-0.15, -0.1) is 0 Å². The number of ether oxygens (including phenoxy) is 1. The zero-order valence-electron chi connectivity index (χ0n) is 18.2. The van der Waals surface area contributed by atoms with Crippen LogP contribution in [-0.4, -0.2) is 57.3 Å². The number of hydrogen-bond acceptors (Lipinski definition) is 7. The molecule has 1 aliphatic heterocycles. The minimum absolute atomic E-state index is 0.0815. The van der Waals surface area contributed by atoms with Crippen molar-refractivity contribution in [3.63, 3.8) is 0 Å².